The molecule has 3 fully saturated rings. The zero-order valence-electron chi connectivity index (χ0n) is 70.2. The average Bonchev–Trinajstić information content (AvgIpc) is 1.76. The smallest absolute Gasteiger partial charge is 0.338 e. The van der Waals surface area contributed by atoms with Gasteiger partial charge in [-0.2, -0.15) is 0 Å². The Morgan fingerprint density at radius 3 is 1.13 bits per heavy atom. The lowest BCUT2D eigenvalue weighted by atomic mass is 9.97. The maximum Gasteiger partial charge on any atom is 0.338 e. The van der Waals surface area contributed by atoms with E-state index in [-0.39, 0.29) is 67.7 Å². The van der Waals surface area contributed by atoms with E-state index >= 15 is 0 Å². The van der Waals surface area contributed by atoms with Gasteiger partial charge in [0.15, 0.2) is 29.2 Å². The summed E-state index contributed by atoms with van der Waals surface area (Å²) in [5, 5.41) is 11.0. The molecule has 0 spiro atoms. The third-order valence-electron chi connectivity index (χ3n) is 17.2. The molecule has 6 rings (SSSR count). The Labute approximate surface area is 642 Å². The normalized spacial score (nSPS) is 20.4. The van der Waals surface area contributed by atoms with Crippen molar-refractivity contribution in [3.63, 3.8) is 0 Å². The average molecular weight is 1540 g/mol. The lowest BCUT2D eigenvalue weighted by Gasteiger charge is -2.22. The van der Waals surface area contributed by atoms with Crippen LogP contribution in [0.2, 0.25) is 77.1 Å². The molecule has 107 heavy (non-hydrogen) atoms. The van der Waals surface area contributed by atoms with E-state index in [1.807, 2.05) is 125 Å². The van der Waals surface area contributed by atoms with Gasteiger partial charge in [-0.3, -0.25) is 19.2 Å². The molecule has 23 heteroatoms. The summed E-state index contributed by atoms with van der Waals surface area (Å²) in [4.78, 5) is 88.6. The Morgan fingerprint density at radius 2 is 0.748 bits per heavy atom. The summed E-state index contributed by atoms with van der Waals surface area (Å²) in [6.07, 6.45) is 6.02. The molecule has 0 amide bonds. The first-order valence-electron chi connectivity index (χ1n) is 37.5. The molecular weight excluding hydrogens is 1410 g/mol. The molecule has 0 saturated carbocycles. The molecule has 4 unspecified atom stereocenters. The van der Waals surface area contributed by atoms with Crippen LogP contribution >= 0.6 is 0 Å². The molecule has 0 radical (unpaired) electrons. The van der Waals surface area contributed by atoms with Crippen LogP contribution in [0.5, 0.6) is 0 Å². The first kappa shape index (κ1) is 93.1. The van der Waals surface area contributed by atoms with Gasteiger partial charge < -0.3 is 61.9 Å². The van der Waals surface area contributed by atoms with Gasteiger partial charge in [-0.05, 0) is 209 Å². The summed E-state index contributed by atoms with van der Waals surface area (Å²) in [6.45, 7) is 59.7. The number of hydrogen-bond donors (Lipinski definition) is 1. The van der Waals surface area contributed by atoms with E-state index in [4.69, 9.17) is 56.8 Å². The van der Waals surface area contributed by atoms with Crippen LogP contribution in [0, 0.1) is 57.8 Å². The topological polar surface area (TPSA) is 250 Å². The second kappa shape index (κ2) is 38.1. The highest BCUT2D eigenvalue weighted by molar-refractivity contribution is 6.76. The van der Waals surface area contributed by atoms with Crippen molar-refractivity contribution in [2.24, 2.45) is 16.2 Å². The number of ketones is 1. The van der Waals surface area contributed by atoms with E-state index in [0.717, 1.165) is 57.1 Å². The first-order chi connectivity index (χ1) is 48.8. The standard InChI is InChI=1S/C28H44O7Si.C28H42O7Si.C28H44O6Si/c2*1-18-15-19(2)23(25(30)32-13-14-36(8,9)10)20(16-18)11-12-21(29)24-22(34-28(6,7)35-24)17-33-26(31)27(3,4)5;1-19-16-20(2)24(25(29)31-14-15-35(8,9)10)21(17-19)12-11-13-22-23(34-28(6,7)33-22)18-32-26(30)27(3,4)5/h11-12,15-16,21-22,24,29H,13-14,17H2,1-10H3;11-12,15-16,22,24H,13-14,17H2,1-10H3;11-12,16-17,22-23H,13-15,18H2,1-10H3/b3*12-11+/t21?,22?,24-;22?,24-;22-,23?/m000/s1. The monoisotopic (exact) mass is 1540 g/mol. The lowest BCUT2D eigenvalue weighted by Crippen LogP contribution is -2.38. The minimum absolute atomic E-state index is 0.0344. The highest BCUT2D eigenvalue weighted by Gasteiger charge is 2.47. The zero-order valence-corrected chi connectivity index (χ0v) is 73.2. The first-order valence-corrected chi connectivity index (χ1v) is 48.6. The maximum absolute atomic E-state index is 13.1. The molecule has 3 aromatic rings. The fourth-order valence-electron chi connectivity index (χ4n) is 11.6. The Hall–Kier alpha value is -6.26. The number of carbonyl (C=O) groups is 7. The Morgan fingerprint density at radius 1 is 0.430 bits per heavy atom. The third kappa shape index (κ3) is 31.6. The van der Waals surface area contributed by atoms with Crippen molar-refractivity contribution < 1.29 is 95.5 Å². The van der Waals surface area contributed by atoms with E-state index in [2.05, 4.69) is 58.9 Å². The van der Waals surface area contributed by atoms with Crippen LogP contribution in [-0.2, 0) is 76.0 Å². The number of aliphatic hydroxyl groups is 1. The van der Waals surface area contributed by atoms with Crippen LogP contribution in [-0.4, -0.2) is 171 Å². The molecule has 3 aromatic carbocycles. The number of ether oxygens (including phenoxy) is 12. The molecule has 3 saturated heterocycles. The second-order valence-electron chi connectivity index (χ2n) is 36.7. The molecule has 0 aromatic heterocycles. The van der Waals surface area contributed by atoms with E-state index in [1.165, 1.54) is 6.08 Å². The molecule has 3 aliphatic rings. The van der Waals surface area contributed by atoms with Gasteiger partial charge in [0.1, 0.15) is 50.3 Å². The predicted octanol–water partition coefficient (Wildman–Crippen LogP) is 17.1. The third-order valence-corrected chi connectivity index (χ3v) is 22.4. The van der Waals surface area contributed by atoms with Crippen molar-refractivity contribution in [1.29, 1.82) is 0 Å². The molecule has 598 valence electrons. The molecule has 0 aliphatic carbocycles. The quantitative estimate of drug-likeness (QED) is 0.0322. The molecule has 7 atom stereocenters. The van der Waals surface area contributed by atoms with Gasteiger partial charge in [-0.15, -0.1) is 0 Å². The summed E-state index contributed by atoms with van der Waals surface area (Å²) < 4.78 is 68.7. The highest BCUT2D eigenvalue weighted by Crippen LogP contribution is 2.36. The molecule has 20 nitrogen and oxygen atoms in total. The van der Waals surface area contributed by atoms with Crippen molar-refractivity contribution in [2.75, 3.05) is 39.6 Å². The molecular formula is C84H130O20Si3. The fourth-order valence-corrected chi connectivity index (χ4v) is 13.7. The minimum Gasteiger partial charge on any atom is -0.462 e. The van der Waals surface area contributed by atoms with Crippen molar-refractivity contribution in [3.05, 3.63) is 121 Å². The summed E-state index contributed by atoms with van der Waals surface area (Å²) in [6, 6.07) is 14.3. The van der Waals surface area contributed by atoms with Gasteiger partial charge in [0.2, 0.25) is 0 Å². The van der Waals surface area contributed by atoms with E-state index in [9.17, 15) is 38.7 Å². The van der Waals surface area contributed by atoms with Gasteiger partial charge in [0.05, 0.1) is 58.9 Å². The Balaban J connectivity index is 0.000000339. The number of rotatable bonds is 27. The summed E-state index contributed by atoms with van der Waals surface area (Å²) in [5.41, 5.74) is 7.27. The van der Waals surface area contributed by atoms with E-state index < -0.39 is 94.3 Å². The van der Waals surface area contributed by atoms with Gasteiger partial charge in [0, 0.05) is 24.2 Å². The van der Waals surface area contributed by atoms with Crippen LogP contribution in [0.15, 0.2) is 54.6 Å². The Kier molecular flexibility index (Phi) is 33.2. The number of hydrogen-bond acceptors (Lipinski definition) is 20. The van der Waals surface area contributed by atoms with Gasteiger partial charge in [0.25, 0.3) is 0 Å². The van der Waals surface area contributed by atoms with Crippen LogP contribution < -0.4 is 0 Å². The van der Waals surface area contributed by atoms with Crippen LogP contribution in [0.4, 0.5) is 0 Å². The van der Waals surface area contributed by atoms with Gasteiger partial charge >= 0.3 is 35.8 Å². The van der Waals surface area contributed by atoms with E-state index in [1.54, 1.807) is 87.5 Å². The van der Waals surface area contributed by atoms with E-state index in [0.29, 0.717) is 54.1 Å². The van der Waals surface area contributed by atoms with Crippen molar-refractivity contribution in [2.45, 2.75) is 289 Å². The molecule has 3 heterocycles. The number of aryl methyl sites for hydroxylation is 6. The highest BCUT2D eigenvalue weighted by atomic mass is 28.3. The number of benzene rings is 3. The summed E-state index contributed by atoms with van der Waals surface area (Å²) in [7, 11) is -3.96. The molecule has 1 N–H and O–H groups in total. The van der Waals surface area contributed by atoms with Crippen molar-refractivity contribution >= 4 is 84.0 Å². The van der Waals surface area contributed by atoms with Crippen LogP contribution in [0.3, 0.4) is 0 Å². The summed E-state index contributed by atoms with van der Waals surface area (Å²) >= 11 is 0. The predicted molar refractivity (Wildman–Crippen MR) is 429 cm³/mol. The second-order valence-corrected chi connectivity index (χ2v) is 53.6. The van der Waals surface area contributed by atoms with Crippen LogP contribution in [0.1, 0.15) is 191 Å². The zero-order chi connectivity index (χ0) is 81.6. The number of carbonyl (C=O) groups excluding carboxylic acids is 7. The molecule has 3 aliphatic heterocycles. The number of aliphatic hydroxyl groups excluding tert-OH is 1. The van der Waals surface area contributed by atoms with Gasteiger partial charge in [-0.1, -0.05) is 142 Å². The fraction of sp³-hybridized carbons (Fsp3) is 0.631. The lowest BCUT2D eigenvalue weighted by molar-refractivity contribution is -0.166. The SMILES string of the molecule is Cc1cc(C)c(C(=O)OCC[Si](C)(C)C)c(/C=C/C(=O)[C@@H]2OC(C)(C)OC2COC(=O)C(C)(C)C)c1.Cc1cc(C)c(C(=O)OCC[Si](C)(C)C)c(/C=C/C(O)[C@@H]2OC(C)(C)OC2COC(=O)C(C)(C)C)c1.Cc1cc(C)c(C(=O)OCC[Si](C)(C)C)c(/C=C/C[C@@H]2OC(C)(C)OC2COC(=O)C(C)(C)C)c1. The largest absolute Gasteiger partial charge is 0.462 e. The van der Waals surface area contributed by atoms with Gasteiger partial charge in [-0.25, -0.2) is 14.4 Å². The summed E-state index contributed by atoms with van der Waals surface area (Å²) in [5.74, 6) is -5.10. The maximum atomic E-state index is 13.1. The number of esters is 6. The molecule has 0 bridgehead atoms. The van der Waals surface area contributed by atoms with Crippen LogP contribution in [0.25, 0.3) is 18.2 Å². The Bertz CT molecular complexity index is 3670. The van der Waals surface area contributed by atoms with Crippen molar-refractivity contribution in [3.8, 4) is 0 Å². The van der Waals surface area contributed by atoms with Crippen molar-refractivity contribution in [1.82, 2.24) is 0 Å². The minimum atomic E-state index is -1.34.